The van der Waals surface area contributed by atoms with Crippen LogP contribution in [-0.4, -0.2) is 42.5 Å². The Labute approximate surface area is 149 Å². The van der Waals surface area contributed by atoms with Crippen LogP contribution < -0.4 is 0 Å². The second-order valence-electron chi connectivity index (χ2n) is 9.45. The lowest BCUT2D eigenvalue weighted by Crippen LogP contribution is -2.52. The Hall–Kier alpha value is -0.860. The van der Waals surface area contributed by atoms with Crippen molar-refractivity contribution in [2.24, 2.45) is 5.41 Å². The van der Waals surface area contributed by atoms with Gasteiger partial charge in [0.15, 0.2) is 0 Å². The highest BCUT2D eigenvalue weighted by molar-refractivity contribution is 5.25. The van der Waals surface area contributed by atoms with Crippen molar-refractivity contribution in [1.29, 1.82) is 0 Å². The Morgan fingerprint density at radius 3 is 1.83 bits per heavy atom. The zero-order valence-corrected chi connectivity index (χ0v) is 16.4. The van der Waals surface area contributed by atoms with E-state index in [9.17, 15) is 0 Å². The summed E-state index contributed by atoms with van der Waals surface area (Å²) in [7, 11) is 4.54. The molecule has 2 fully saturated rings. The van der Waals surface area contributed by atoms with Crippen molar-refractivity contribution in [3.8, 4) is 0 Å². The lowest BCUT2D eigenvalue weighted by Gasteiger charge is -2.54. The Morgan fingerprint density at radius 2 is 1.38 bits per heavy atom. The molecule has 2 aliphatic rings. The predicted octanol–water partition coefficient (Wildman–Crippen LogP) is 4.90. The van der Waals surface area contributed by atoms with Crippen LogP contribution >= 0.6 is 0 Å². The smallest absolute Gasteiger partial charge is 0.0455 e. The van der Waals surface area contributed by atoms with Crippen molar-refractivity contribution in [1.82, 2.24) is 9.80 Å². The first-order valence-electron chi connectivity index (χ1n) is 9.76. The topological polar surface area (TPSA) is 6.48 Å². The van der Waals surface area contributed by atoms with Crippen LogP contribution in [0.1, 0.15) is 64.9 Å². The van der Waals surface area contributed by atoms with E-state index in [4.69, 9.17) is 0 Å². The van der Waals surface area contributed by atoms with Gasteiger partial charge in [0.1, 0.15) is 0 Å². The maximum absolute atomic E-state index is 2.68. The Bertz CT molecular complexity index is 523. The number of rotatable bonds is 2. The molecule has 1 spiro atoms. The zero-order valence-electron chi connectivity index (χ0n) is 16.4. The number of hydrogen-bond donors (Lipinski definition) is 0. The summed E-state index contributed by atoms with van der Waals surface area (Å²) in [6, 6.07) is 11.2. The van der Waals surface area contributed by atoms with Gasteiger partial charge < -0.3 is 0 Å². The minimum atomic E-state index is 0.244. The summed E-state index contributed by atoms with van der Waals surface area (Å²) >= 11 is 0. The number of benzene rings is 1. The minimum Gasteiger partial charge on any atom is -0.300 e. The number of nitrogens with zero attached hydrogens (tertiary/aromatic N) is 2. The van der Waals surface area contributed by atoms with Gasteiger partial charge in [-0.1, -0.05) is 30.3 Å². The minimum absolute atomic E-state index is 0.244. The second kappa shape index (κ2) is 6.46. The average molecular weight is 329 g/mol. The quantitative estimate of drug-likeness (QED) is 0.762. The molecule has 1 saturated heterocycles. The van der Waals surface area contributed by atoms with Gasteiger partial charge in [0.05, 0.1) is 0 Å². The van der Waals surface area contributed by atoms with Crippen molar-refractivity contribution in [2.45, 2.75) is 70.4 Å². The van der Waals surface area contributed by atoms with Gasteiger partial charge in [0.25, 0.3) is 0 Å². The molecule has 1 heterocycles. The Balaban J connectivity index is 1.71. The lowest BCUT2D eigenvalue weighted by molar-refractivity contribution is -0.0205. The maximum atomic E-state index is 2.68. The van der Waals surface area contributed by atoms with E-state index in [2.05, 4.69) is 75.0 Å². The summed E-state index contributed by atoms with van der Waals surface area (Å²) in [4.78, 5) is 5.17. The highest BCUT2D eigenvalue weighted by atomic mass is 15.2. The maximum Gasteiger partial charge on any atom is 0.0455 e. The first kappa shape index (κ1) is 17.9. The number of hydrogen-bond acceptors (Lipinski definition) is 2. The van der Waals surface area contributed by atoms with E-state index in [0.29, 0.717) is 11.0 Å². The third kappa shape index (κ3) is 3.28. The van der Waals surface area contributed by atoms with Crippen molar-refractivity contribution < 1.29 is 0 Å². The van der Waals surface area contributed by atoms with Gasteiger partial charge in [0, 0.05) is 11.1 Å². The van der Waals surface area contributed by atoms with Crippen molar-refractivity contribution in [2.75, 3.05) is 27.2 Å². The fourth-order valence-electron chi connectivity index (χ4n) is 5.09. The van der Waals surface area contributed by atoms with Crippen LogP contribution in [0, 0.1) is 5.41 Å². The molecule has 1 aliphatic heterocycles. The van der Waals surface area contributed by atoms with Crippen molar-refractivity contribution in [3.05, 3.63) is 35.9 Å². The second-order valence-corrected chi connectivity index (χ2v) is 9.45. The summed E-state index contributed by atoms with van der Waals surface area (Å²) in [6.45, 7) is 9.64. The summed E-state index contributed by atoms with van der Waals surface area (Å²) in [6.07, 6.45) is 8.17. The van der Waals surface area contributed by atoms with Gasteiger partial charge in [-0.2, -0.15) is 0 Å². The van der Waals surface area contributed by atoms with Gasteiger partial charge in [0.2, 0.25) is 0 Å². The van der Waals surface area contributed by atoms with E-state index >= 15 is 0 Å². The average Bonchev–Trinajstić information content (AvgIpc) is 2.56. The molecule has 1 aromatic rings. The van der Waals surface area contributed by atoms with E-state index in [0.717, 1.165) is 0 Å². The van der Waals surface area contributed by atoms with E-state index in [1.165, 1.54) is 57.2 Å². The Morgan fingerprint density at radius 1 is 0.833 bits per heavy atom. The molecule has 1 aliphatic carbocycles. The van der Waals surface area contributed by atoms with Crippen LogP contribution in [0.4, 0.5) is 0 Å². The predicted molar refractivity (Wildman–Crippen MR) is 103 cm³/mol. The first-order chi connectivity index (χ1) is 11.3. The van der Waals surface area contributed by atoms with Gasteiger partial charge in [-0.15, -0.1) is 0 Å². The van der Waals surface area contributed by atoms with Crippen molar-refractivity contribution in [3.63, 3.8) is 0 Å². The van der Waals surface area contributed by atoms with Gasteiger partial charge in [-0.3, -0.25) is 9.80 Å². The highest BCUT2D eigenvalue weighted by Gasteiger charge is 2.46. The molecule has 2 nitrogen and oxygen atoms in total. The SMILES string of the molecule is CN(C)C1(c2ccccc2)CCC2(CCN(C(C)(C)C)CC2)CC1. The van der Waals surface area contributed by atoms with Crippen LogP contribution in [0.25, 0.3) is 0 Å². The molecule has 0 radical (unpaired) electrons. The molecule has 1 aromatic carbocycles. The van der Waals surface area contributed by atoms with Crippen LogP contribution in [0.3, 0.4) is 0 Å². The molecule has 24 heavy (non-hydrogen) atoms. The van der Waals surface area contributed by atoms with Crippen LogP contribution in [0.5, 0.6) is 0 Å². The summed E-state index contributed by atoms with van der Waals surface area (Å²) < 4.78 is 0. The molecule has 0 amide bonds. The standard InChI is InChI=1S/C22H36N2/c1-20(2,3)24-17-15-21(16-18-24)11-13-22(14-12-21,23(4)5)19-9-7-6-8-10-19/h6-10H,11-18H2,1-5H3. The molecular formula is C22H36N2. The molecule has 0 unspecified atom stereocenters. The molecule has 0 N–H and O–H groups in total. The third-order valence-corrected chi connectivity index (χ3v) is 7.08. The normalized spacial score (nSPS) is 24.4. The molecule has 3 rings (SSSR count). The van der Waals surface area contributed by atoms with E-state index < -0.39 is 0 Å². The van der Waals surface area contributed by atoms with Gasteiger partial charge >= 0.3 is 0 Å². The van der Waals surface area contributed by atoms with Crippen LogP contribution in [0.2, 0.25) is 0 Å². The molecule has 134 valence electrons. The monoisotopic (exact) mass is 328 g/mol. The van der Waals surface area contributed by atoms with Crippen LogP contribution in [0.15, 0.2) is 30.3 Å². The van der Waals surface area contributed by atoms with Gasteiger partial charge in [-0.25, -0.2) is 0 Å². The van der Waals surface area contributed by atoms with Crippen LogP contribution in [-0.2, 0) is 5.54 Å². The molecule has 1 saturated carbocycles. The first-order valence-corrected chi connectivity index (χ1v) is 9.76. The number of likely N-dealkylation sites (tertiary alicyclic amines) is 1. The summed E-state index contributed by atoms with van der Waals surface area (Å²) in [5.74, 6) is 0. The molecule has 0 bridgehead atoms. The summed E-state index contributed by atoms with van der Waals surface area (Å²) in [5, 5.41) is 0. The molecular weight excluding hydrogens is 292 g/mol. The molecule has 0 atom stereocenters. The van der Waals surface area contributed by atoms with Gasteiger partial charge in [-0.05, 0) is 97.5 Å². The van der Waals surface area contributed by atoms with E-state index in [1.54, 1.807) is 0 Å². The fourth-order valence-corrected chi connectivity index (χ4v) is 5.09. The van der Waals surface area contributed by atoms with E-state index in [1.807, 2.05) is 0 Å². The third-order valence-electron chi connectivity index (χ3n) is 7.08. The molecule has 2 heteroatoms. The zero-order chi connectivity index (χ0) is 17.4. The van der Waals surface area contributed by atoms with E-state index in [-0.39, 0.29) is 5.54 Å². The lowest BCUT2D eigenvalue weighted by atomic mass is 9.61. The highest BCUT2D eigenvalue weighted by Crippen LogP contribution is 2.52. The number of piperidine rings is 1. The molecule has 0 aromatic heterocycles. The fraction of sp³-hybridized carbons (Fsp3) is 0.727. The largest absolute Gasteiger partial charge is 0.300 e. The van der Waals surface area contributed by atoms with Crippen molar-refractivity contribution >= 4 is 0 Å². The summed E-state index contributed by atoms with van der Waals surface area (Å²) in [5.41, 5.74) is 2.69. The Kier molecular flexibility index (Phi) is 4.83.